The van der Waals surface area contributed by atoms with Crippen molar-refractivity contribution < 1.29 is 17.9 Å². The van der Waals surface area contributed by atoms with Gasteiger partial charge in [-0.2, -0.15) is 4.98 Å². The molecule has 130 valence electrons. The van der Waals surface area contributed by atoms with E-state index in [2.05, 4.69) is 15.3 Å². The van der Waals surface area contributed by atoms with Gasteiger partial charge in [0.05, 0.1) is 12.8 Å². The fraction of sp³-hybridized carbons (Fsp3) is 0.154. The lowest BCUT2D eigenvalue weighted by molar-refractivity contribution is 0.256. The fourth-order valence-electron chi connectivity index (χ4n) is 1.73. The van der Waals surface area contributed by atoms with Gasteiger partial charge in [0, 0.05) is 11.8 Å². The average Bonchev–Trinajstić information content (AvgIpc) is 2.46. The van der Waals surface area contributed by atoms with Crippen LogP contribution in [0.1, 0.15) is 5.69 Å². The molecule has 24 heavy (non-hydrogen) atoms. The quantitative estimate of drug-likeness (QED) is 0.687. The summed E-state index contributed by atoms with van der Waals surface area (Å²) in [6.45, 7) is 1.68. The monoisotopic (exact) mass is 373 g/mol. The van der Waals surface area contributed by atoms with Gasteiger partial charge < -0.3 is 10.5 Å². The Balaban J connectivity index is 0.00000288. The van der Waals surface area contributed by atoms with Crippen molar-refractivity contribution in [2.24, 2.45) is 0 Å². The number of nitrogen functional groups attached to an aromatic ring is 1. The highest BCUT2D eigenvalue weighted by Crippen LogP contribution is 2.17. The van der Waals surface area contributed by atoms with E-state index in [4.69, 9.17) is 10.5 Å². The maximum Gasteiger partial charge on any atom is 0.335 e. The van der Waals surface area contributed by atoms with Crippen LogP contribution in [0.4, 0.5) is 16.4 Å². The van der Waals surface area contributed by atoms with Gasteiger partial charge in [-0.05, 0) is 19.1 Å². The number of methoxy groups -OCH3 is 1. The van der Waals surface area contributed by atoms with Crippen molar-refractivity contribution in [3.8, 4) is 5.88 Å². The summed E-state index contributed by atoms with van der Waals surface area (Å²) in [6.07, 6.45) is 0. The molecule has 1 aromatic heterocycles. The molecule has 0 spiro atoms. The lowest BCUT2D eigenvalue weighted by Gasteiger charge is -2.10. The maximum atomic E-state index is 12.1. The lowest BCUT2D eigenvalue weighted by Crippen LogP contribution is -2.35. The number of nitrogens with zero attached hydrogens (tertiary/aromatic N) is 2. The summed E-state index contributed by atoms with van der Waals surface area (Å²) < 4.78 is 31.0. The molecule has 0 saturated heterocycles. The second-order valence-corrected chi connectivity index (χ2v) is 6.12. The standard InChI is InChI=1S/C13H15N5O4S.ClH/c1-8-7-11(22-2)16-12(15-8)17-13(19)18-23(20,21)10-6-4-3-5-9(10)14;/h3-7H,14H2,1-2H3,(H2,15,16,17,18,19);1H. The molecule has 11 heteroatoms. The third kappa shape index (κ3) is 4.70. The van der Waals surface area contributed by atoms with Gasteiger partial charge in [-0.15, -0.1) is 12.4 Å². The van der Waals surface area contributed by atoms with Crippen molar-refractivity contribution in [1.82, 2.24) is 14.7 Å². The van der Waals surface area contributed by atoms with E-state index in [9.17, 15) is 13.2 Å². The first-order chi connectivity index (χ1) is 10.8. The molecule has 0 fully saturated rings. The predicted molar refractivity (Wildman–Crippen MR) is 90.8 cm³/mol. The highest BCUT2D eigenvalue weighted by atomic mass is 35.5. The first-order valence-electron chi connectivity index (χ1n) is 6.40. The third-order valence-electron chi connectivity index (χ3n) is 2.70. The molecule has 4 N–H and O–H groups in total. The number of sulfonamides is 1. The molecular weight excluding hydrogens is 358 g/mol. The Morgan fingerprint density at radius 2 is 1.92 bits per heavy atom. The maximum absolute atomic E-state index is 12.1. The molecule has 9 nitrogen and oxygen atoms in total. The summed E-state index contributed by atoms with van der Waals surface area (Å²) >= 11 is 0. The highest BCUT2D eigenvalue weighted by Gasteiger charge is 2.20. The number of urea groups is 1. The van der Waals surface area contributed by atoms with Gasteiger partial charge in [0.25, 0.3) is 10.0 Å². The largest absolute Gasteiger partial charge is 0.481 e. The van der Waals surface area contributed by atoms with Gasteiger partial charge in [0.1, 0.15) is 4.90 Å². The van der Waals surface area contributed by atoms with Crippen molar-refractivity contribution in [3.63, 3.8) is 0 Å². The molecule has 1 aromatic carbocycles. The summed E-state index contributed by atoms with van der Waals surface area (Å²) in [4.78, 5) is 19.5. The number of para-hydroxylation sites is 1. The second kappa shape index (κ2) is 7.79. The number of hydrogen-bond donors (Lipinski definition) is 3. The Morgan fingerprint density at radius 1 is 1.25 bits per heavy atom. The number of amides is 2. The van der Waals surface area contributed by atoms with E-state index in [0.717, 1.165) is 0 Å². The predicted octanol–water partition coefficient (Wildman–Crippen LogP) is 1.31. The number of anilines is 2. The summed E-state index contributed by atoms with van der Waals surface area (Å²) in [7, 11) is -2.70. The summed E-state index contributed by atoms with van der Waals surface area (Å²) in [5.41, 5.74) is 6.17. The second-order valence-electron chi connectivity index (χ2n) is 4.47. The molecule has 2 amide bonds. The zero-order valence-electron chi connectivity index (χ0n) is 12.8. The summed E-state index contributed by atoms with van der Waals surface area (Å²) in [5.74, 6) is 0.151. The van der Waals surface area contributed by atoms with Crippen LogP contribution in [0, 0.1) is 6.92 Å². The number of nitrogens with one attached hydrogen (secondary N) is 2. The van der Waals surface area contributed by atoms with Crippen molar-refractivity contribution in [1.29, 1.82) is 0 Å². The van der Waals surface area contributed by atoms with Crippen molar-refractivity contribution in [2.45, 2.75) is 11.8 Å². The zero-order valence-corrected chi connectivity index (χ0v) is 14.4. The smallest absolute Gasteiger partial charge is 0.335 e. The number of benzene rings is 1. The van der Waals surface area contributed by atoms with Crippen molar-refractivity contribution >= 4 is 40.1 Å². The van der Waals surface area contributed by atoms with Crippen LogP contribution in [-0.2, 0) is 10.0 Å². The topological polar surface area (TPSA) is 136 Å². The summed E-state index contributed by atoms with van der Waals surface area (Å²) in [5, 5.41) is 2.23. The third-order valence-corrected chi connectivity index (χ3v) is 4.11. The zero-order chi connectivity index (χ0) is 17.0. The minimum atomic E-state index is -4.11. The Morgan fingerprint density at radius 3 is 2.54 bits per heavy atom. The molecule has 0 radical (unpaired) electrons. The highest BCUT2D eigenvalue weighted by molar-refractivity contribution is 7.90. The lowest BCUT2D eigenvalue weighted by atomic mass is 10.3. The Hall–Kier alpha value is -2.59. The van der Waals surface area contributed by atoms with Crippen molar-refractivity contribution in [3.05, 3.63) is 36.0 Å². The number of halogens is 1. The van der Waals surface area contributed by atoms with E-state index in [1.807, 2.05) is 4.72 Å². The van der Waals surface area contributed by atoms with E-state index in [-0.39, 0.29) is 34.8 Å². The molecule has 0 saturated carbocycles. The number of hydrogen-bond acceptors (Lipinski definition) is 7. The van der Waals surface area contributed by atoms with Crippen LogP contribution >= 0.6 is 12.4 Å². The van der Waals surface area contributed by atoms with E-state index in [0.29, 0.717) is 5.69 Å². The molecule has 0 aliphatic heterocycles. The normalized spacial score (nSPS) is 10.4. The molecule has 0 bridgehead atoms. The minimum Gasteiger partial charge on any atom is -0.481 e. The van der Waals surface area contributed by atoms with Crippen LogP contribution < -0.4 is 20.5 Å². The van der Waals surface area contributed by atoms with Crippen LogP contribution in [0.3, 0.4) is 0 Å². The minimum absolute atomic E-state index is 0. The van der Waals surface area contributed by atoms with Gasteiger partial charge in [0.2, 0.25) is 11.8 Å². The van der Waals surface area contributed by atoms with Crippen LogP contribution in [0.25, 0.3) is 0 Å². The van der Waals surface area contributed by atoms with Crippen molar-refractivity contribution in [2.75, 3.05) is 18.2 Å². The number of nitrogens with two attached hydrogens (primary N) is 1. The number of ether oxygens (including phenoxy) is 1. The number of rotatable bonds is 4. The molecule has 2 aromatic rings. The first-order valence-corrected chi connectivity index (χ1v) is 7.88. The van der Waals surface area contributed by atoms with Crippen LogP contribution in [0.2, 0.25) is 0 Å². The van der Waals surface area contributed by atoms with Gasteiger partial charge in [-0.1, -0.05) is 12.1 Å². The Labute approximate surface area is 145 Å². The van der Waals surface area contributed by atoms with Gasteiger partial charge >= 0.3 is 6.03 Å². The Kier molecular flexibility index (Phi) is 6.32. The van der Waals surface area contributed by atoms with Crippen LogP contribution in [0.5, 0.6) is 5.88 Å². The number of aromatic nitrogens is 2. The average molecular weight is 374 g/mol. The SMILES string of the molecule is COc1cc(C)nc(NC(=O)NS(=O)(=O)c2ccccc2N)n1.Cl. The van der Waals surface area contributed by atoms with E-state index in [1.54, 1.807) is 19.1 Å². The molecule has 0 atom stereocenters. The van der Waals surface area contributed by atoms with E-state index < -0.39 is 16.1 Å². The molecule has 1 heterocycles. The number of carbonyl (C=O) groups is 1. The number of carbonyl (C=O) groups excluding carboxylic acids is 1. The Bertz CT molecular complexity index is 844. The van der Waals surface area contributed by atoms with Crippen LogP contribution in [0.15, 0.2) is 35.2 Å². The number of aryl methyl sites for hydroxylation is 1. The van der Waals surface area contributed by atoms with Gasteiger partial charge in [-0.25, -0.2) is 22.9 Å². The van der Waals surface area contributed by atoms with E-state index in [1.165, 1.54) is 25.3 Å². The fourth-order valence-corrected chi connectivity index (χ4v) is 2.77. The van der Waals surface area contributed by atoms with Gasteiger partial charge in [-0.3, -0.25) is 5.32 Å². The molecule has 0 unspecified atom stereocenters. The first kappa shape index (κ1) is 19.5. The van der Waals surface area contributed by atoms with E-state index >= 15 is 0 Å². The summed E-state index contributed by atoms with van der Waals surface area (Å²) in [6, 6.07) is 6.34. The molecule has 0 aliphatic rings. The molecule has 0 aliphatic carbocycles. The van der Waals surface area contributed by atoms with Gasteiger partial charge in [0.15, 0.2) is 0 Å². The van der Waals surface area contributed by atoms with Crippen LogP contribution in [-0.4, -0.2) is 31.5 Å². The molecule has 2 rings (SSSR count). The molecular formula is C13H16ClN5O4S.